The van der Waals surface area contributed by atoms with Gasteiger partial charge in [0, 0.05) is 0 Å². The summed E-state index contributed by atoms with van der Waals surface area (Å²) in [5, 5.41) is 0.322. The van der Waals surface area contributed by atoms with Gasteiger partial charge in [-0.3, -0.25) is 0 Å². The zero-order valence-corrected chi connectivity index (χ0v) is 13.8. The predicted molar refractivity (Wildman–Crippen MR) is 74.9 cm³/mol. The van der Waals surface area contributed by atoms with Gasteiger partial charge in [-0.05, 0) is 0 Å². The van der Waals surface area contributed by atoms with Crippen LogP contribution in [0.4, 0.5) is 0 Å². The normalized spacial score (nSPS) is 9.00. The molecule has 12 N–H and O–H groups in total. The Hall–Kier alpha value is -0.180. The van der Waals surface area contributed by atoms with Crippen molar-refractivity contribution in [2.75, 3.05) is 0 Å². The van der Waals surface area contributed by atoms with Gasteiger partial charge in [0.25, 0.3) is 0 Å². The van der Waals surface area contributed by atoms with E-state index in [1.54, 1.807) is 0 Å². The van der Waals surface area contributed by atoms with Gasteiger partial charge in [-0.15, -0.1) is 0 Å². The van der Waals surface area contributed by atoms with E-state index in [-0.39, 0.29) is 15.3 Å². The molecule has 90 valence electrons. The molecule has 0 fully saturated rings. The fraction of sp³-hybridized carbons (Fsp3) is 0. The molecule has 0 spiro atoms. The summed E-state index contributed by atoms with van der Waals surface area (Å²) in [6.45, 7) is 0. The molecule has 0 saturated carbocycles. The number of nitrogens with two attached hydrogens (primary N) is 3. The first-order chi connectivity index (χ1) is 7.41. The van der Waals surface area contributed by atoms with Gasteiger partial charge in [0.15, 0.2) is 0 Å². The molecular weight excluding hydrogens is 373 g/mol. The van der Waals surface area contributed by atoms with Crippen LogP contribution in [0.5, 0.6) is 0 Å². The molecule has 0 saturated heterocycles. The quantitative estimate of drug-likeness (QED) is 0.162. The summed E-state index contributed by atoms with van der Waals surface area (Å²) >= 11 is 11.2. The summed E-state index contributed by atoms with van der Waals surface area (Å²) in [7, 11) is 0. The van der Waals surface area contributed by atoms with E-state index in [0.29, 0.717) is 0 Å². The number of rotatable bonds is 6. The summed E-state index contributed by atoms with van der Waals surface area (Å²) in [6.07, 6.45) is 0. The minimum absolute atomic E-state index is 0.107. The van der Waals surface area contributed by atoms with Gasteiger partial charge in [0.2, 0.25) is 0 Å². The first-order valence-electron chi connectivity index (χ1n) is 3.84. The Morgan fingerprint density at radius 1 is 0.688 bits per heavy atom. The molecule has 0 heterocycles. The fourth-order valence-electron chi connectivity index (χ4n) is 0.538. The Morgan fingerprint density at radius 2 is 0.938 bits per heavy atom. The molecule has 0 aromatic carbocycles. The maximum absolute atomic E-state index is 5.25. The molecule has 0 aliphatic rings. The molecule has 0 aromatic rings. The van der Waals surface area contributed by atoms with Gasteiger partial charge in [-0.2, -0.15) is 0 Å². The third kappa shape index (κ3) is 10.3. The van der Waals surface area contributed by atoms with Crippen LogP contribution >= 0.6 is 36.7 Å². The molecule has 0 aromatic heterocycles. The van der Waals surface area contributed by atoms with E-state index in [1.165, 1.54) is 0 Å². The van der Waals surface area contributed by atoms with Crippen molar-refractivity contribution in [2.24, 2.45) is 17.2 Å². The molecular formula is C3H12InN9S3. The molecule has 0 aliphatic carbocycles. The van der Waals surface area contributed by atoms with E-state index in [1.807, 2.05) is 0 Å². The third-order valence-corrected chi connectivity index (χ3v) is 5.03. The minimum atomic E-state index is -2.70. The standard InChI is InChI=1S/3CH4N3S.In/c3*2-1(5)4-3;/h3*3H,(H3,2,4,5);/q3*-1;+3. The van der Waals surface area contributed by atoms with Crippen LogP contribution in [-0.4, -0.2) is 37.6 Å². The van der Waals surface area contributed by atoms with Crippen molar-refractivity contribution in [3.63, 3.8) is 0 Å². The summed E-state index contributed by atoms with van der Waals surface area (Å²) < 4.78 is 8.54. The van der Waals surface area contributed by atoms with Crippen molar-refractivity contribution in [3.05, 3.63) is 0 Å². The Labute approximate surface area is 117 Å². The van der Waals surface area contributed by atoms with E-state index < -0.39 is 22.3 Å². The van der Waals surface area contributed by atoms with Crippen LogP contribution in [0.3, 0.4) is 0 Å². The number of thiocarbonyl (C=S) groups is 3. The second-order valence-electron chi connectivity index (χ2n) is 2.33. The van der Waals surface area contributed by atoms with Crippen LogP contribution in [0, 0.1) is 0 Å². The monoisotopic (exact) mass is 385 g/mol. The zero-order chi connectivity index (χ0) is 12.6. The van der Waals surface area contributed by atoms with Crippen LogP contribution in [-0.2, 0) is 0 Å². The van der Waals surface area contributed by atoms with E-state index in [9.17, 15) is 0 Å². The average Bonchev–Trinajstić information content (AvgIpc) is 2.15. The van der Waals surface area contributed by atoms with Gasteiger partial charge in [-0.25, -0.2) is 0 Å². The van der Waals surface area contributed by atoms with Crippen molar-refractivity contribution in [2.45, 2.75) is 0 Å². The van der Waals surface area contributed by atoms with Crippen molar-refractivity contribution < 1.29 is 0 Å². The van der Waals surface area contributed by atoms with Gasteiger partial charge < -0.3 is 0 Å². The van der Waals surface area contributed by atoms with E-state index >= 15 is 0 Å². The Bertz CT molecular complexity index is 228. The van der Waals surface area contributed by atoms with Crippen LogP contribution in [0.15, 0.2) is 0 Å². The van der Waals surface area contributed by atoms with Crippen molar-refractivity contribution >= 4 is 74.3 Å². The summed E-state index contributed by atoms with van der Waals surface area (Å²) in [5.74, 6) is 0. The topological polar surface area (TPSA) is 150 Å². The first kappa shape index (κ1) is 15.8. The molecule has 13 heteroatoms. The molecule has 0 aliphatic heterocycles. The fourth-order valence-corrected chi connectivity index (χ4v) is 4.80. The summed E-state index contributed by atoms with van der Waals surface area (Å²) in [4.78, 5) is 0. The average molecular weight is 385 g/mol. The van der Waals surface area contributed by atoms with Crippen LogP contribution < -0.4 is 43.7 Å². The number of nitrogens with one attached hydrogen (secondary N) is 6. The second-order valence-corrected chi connectivity index (χ2v) is 8.60. The first-order valence-corrected chi connectivity index (χ1v) is 10.0. The number of hydrogen-bond donors (Lipinski definition) is 9. The molecule has 0 radical (unpaired) electrons. The second kappa shape index (κ2) is 8.91. The van der Waals surface area contributed by atoms with Gasteiger partial charge >= 0.3 is 118 Å². The molecule has 0 rings (SSSR count). The molecule has 0 atom stereocenters. The van der Waals surface area contributed by atoms with Crippen LogP contribution in [0.2, 0.25) is 0 Å². The van der Waals surface area contributed by atoms with Gasteiger partial charge in [0.1, 0.15) is 0 Å². The molecule has 16 heavy (non-hydrogen) atoms. The van der Waals surface area contributed by atoms with E-state index in [4.69, 9.17) is 17.2 Å². The third-order valence-electron chi connectivity index (χ3n) is 1.02. The number of hydrogen-bond acceptors (Lipinski definition) is 6. The Morgan fingerprint density at radius 3 is 1.12 bits per heavy atom. The van der Waals surface area contributed by atoms with Crippen LogP contribution in [0.25, 0.3) is 0 Å². The van der Waals surface area contributed by atoms with Crippen molar-refractivity contribution in [3.8, 4) is 0 Å². The van der Waals surface area contributed by atoms with Gasteiger partial charge in [-0.1, -0.05) is 0 Å². The molecule has 0 bridgehead atoms. The Balaban J connectivity index is 3.98. The summed E-state index contributed by atoms with van der Waals surface area (Å²) in [6, 6.07) is 0. The molecule has 0 unspecified atom stereocenters. The van der Waals surface area contributed by atoms with Crippen LogP contribution in [0.1, 0.15) is 0 Å². The SMILES string of the molecule is NC(=S)N[NH][In]([NH]NC(N)=S)[NH]NC(N)=S. The van der Waals surface area contributed by atoms with Gasteiger partial charge in [0.05, 0.1) is 0 Å². The molecule has 0 amide bonds. The predicted octanol–water partition coefficient (Wildman–Crippen LogP) is -4.02. The zero-order valence-electron chi connectivity index (χ0n) is 8.03. The van der Waals surface area contributed by atoms with Crippen molar-refractivity contribution in [1.82, 2.24) is 26.5 Å². The van der Waals surface area contributed by atoms with Crippen molar-refractivity contribution in [1.29, 1.82) is 0 Å². The van der Waals surface area contributed by atoms with E-state index in [2.05, 4.69) is 63.2 Å². The number of hydrazine groups is 3. The van der Waals surface area contributed by atoms with E-state index in [0.717, 1.165) is 0 Å². The maximum atomic E-state index is 5.25. The molecule has 9 nitrogen and oxygen atoms in total. The summed E-state index contributed by atoms with van der Waals surface area (Å²) in [5.41, 5.74) is 23.5. The Kier molecular flexibility index (Phi) is 8.81.